The van der Waals surface area contributed by atoms with Crippen LogP contribution in [0.4, 0.5) is 0 Å². The third kappa shape index (κ3) is 4.27. The number of hydrogen-bond acceptors (Lipinski definition) is 4. The number of nitrogens with zero attached hydrogens (tertiary/aromatic N) is 3. The third-order valence-electron chi connectivity index (χ3n) is 5.23. The maximum absolute atomic E-state index is 12.9. The van der Waals surface area contributed by atoms with Crippen molar-refractivity contribution in [1.82, 2.24) is 25.3 Å². The van der Waals surface area contributed by atoms with Crippen LogP contribution in [0.1, 0.15) is 45.8 Å². The highest BCUT2D eigenvalue weighted by Crippen LogP contribution is 2.18. The fourth-order valence-corrected chi connectivity index (χ4v) is 3.75. The zero-order valence-corrected chi connectivity index (χ0v) is 16.6. The summed E-state index contributed by atoms with van der Waals surface area (Å²) in [5, 5.41) is 10.5. The average Bonchev–Trinajstić information content (AvgIpc) is 3.06. The minimum absolute atomic E-state index is 0.152. The highest BCUT2D eigenvalue weighted by Gasteiger charge is 2.29. The summed E-state index contributed by atoms with van der Waals surface area (Å²) in [6, 6.07) is 8.29. The SMILES string of the molecule is O=C(NC1CCCCNC1=O)c1cc2n(n1)CCN(Cc1ccc(Cl)cc1)C2=O. The van der Waals surface area contributed by atoms with Gasteiger partial charge in [0, 0.05) is 30.7 Å². The second-order valence-corrected chi connectivity index (χ2v) is 7.74. The molecule has 1 saturated heterocycles. The Kier molecular flexibility index (Phi) is 5.53. The lowest BCUT2D eigenvalue weighted by Crippen LogP contribution is -2.45. The molecule has 1 aromatic carbocycles. The van der Waals surface area contributed by atoms with Crippen molar-refractivity contribution >= 4 is 29.3 Å². The minimum Gasteiger partial charge on any atom is -0.354 e. The van der Waals surface area contributed by atoms with E-state index >= 15 is 0 Å². The van der Waals surface area contributed by atoms with Crippen molar-refractivity contribution in [1.29, 1.82) is 0 Å². The van der Waals surface area contributed by atoms with E-state index in [1.165, 1.54) is 6.07 Å². The van der Waals surface area contributed by atoms with Gasteiger partial charge in [-0.25, -0.2) is 0 Å². The molecule has 152 valence electrons. The van der Waals surface area contributed by atoms with E-state index in [0.29, 0.717) is 43.3 Å². The van der Waals surface area contributed by atoms with E-state index < -0.39 is 11.9 Å². The average molecular weight is 416 g/mol. The van der Waals surface area contributed by atoms with Gasteiger partial charge in [0.1, 0.15) is 11.7 Å². The van der Waals surface area contributed by atoms with Crippen molar-refractivity contribution in [3.8, 4) is 0 Å². The highest BCUT2D eigenvalue weighted by atomic mass is 35.5. The quantitative estimate of drug-likeness (QED) is 0.792. The molecule has 2 N–H and O–H groups in total. The van der Waals surface area contributed by atoms with Crippen LogP contribution in [0, 0.1) is 0 Å². The van der Waals surface area contributed by atoms with Crippen LogP contribution in [0.5, 0.6) is 0 Å². The summed E-state index contributed by atoms with van der Waals surface area (Å²) < 4.78 is 1.56. The molecule has 3 heterocycles. The first-order valence-corrected chi connectivity index (χ1v) is 10.1. The Balaban J connectivity index is 1.45. The molecule has 2 aliphatic rings. The van der Waals surface area contributed by atoms with Gasteiger partial charge in [-0.05, 0) is 37.0 Å². The molecule has 0 bridgehead atoms. The molecular weight excluding hydrogens is 394 g/mol. The molecule has 2 aliphatic heterocycles. The number of carbonyl (C=O) groups excluding carboxylic acids is 3. The monoisotopic (exact) mass is 415 g/mol. The predicted octanol–water partition coefficient (Wildman–Crippen LogP) is 1.59. The maximum Gasteiger partial charge on any atom is 0.272 e. The van der Waals surface area contributed by atoms with Crippen molar-refractivity contribution < 1.29 is 14.4 Å². The molecule has 0 radical (unpaired) electrons. The molecule has 3 amide bonds. The third-order valence-corrected chi connectivity index (χ3v) is 5.48. The fourth-order valence-electron chi connectivity index (χ4n) is 3.62. The van der Waals surface area contributed by atoms with Crippen LogP contribution < -0.4 is 10.6 Å². The van der Waals surface area contributed by atoms with Gasteiger partial charge in [-0.15, -0.1) is 0 Å². The van der Waals surface area contributed by atoms with E-state index in [-0.39, 0.29) is 17.5 Å². The van der Waals surface area contributed by atoms with E-state index in [9.17, 15) is 14.4 Å². The second kappa shape index (κ2) is 8.24. The lowest BCUT2D eigenvalue weighted by Gasteiger charge is -2.27. The van der Waals surface area contributed by atoms with E-state index in [0.717, 1.165) is 18.4 Å². The Morgan fingerprint density at radius 1 is 1.21 bits per heavy atom. The normalized spacial score (nSPS) is 19.3. The molecule has 1 unspecified atom stereocenters. The molecule has 4 rings (SSSR count). The van der Waals surface area contributed by atoms with Crippen LogP contribution in [-0.2, 0) is 17.9 Å². The number of carbonyl (C=O) groups is 3. The van der Waals surface area contributed by atoms with Gasteiger partial charge in [-0.1, -0.05) is 23.7 Å². The van der Waals surface area contributed by atoms with Crippen molar-refractivity contribution in [2.45, 2.75) is 38.4 Å². The van der Waals surface area contributed by atoms with Gasteiger partial charge >= 0.3 is 0 Å². The fraction of sp³-hybridized carbons (Fsp3) is 0.400. The Hall–Kier alpha value is -2.87. The van der Waals surface area contributed by atoms with Crippen LogP contribution in [0.25, 0.3) is 0 Å². The molecule has 0 spiro atoms. The molecule has 1 aromatic heterocycles. The molecular formula is C20H22ClN5O3. The van der Waals surface area contributed by atoms with Gasteiger partial charge in [-0.2, -0.15) is 5.10 Å². The first-order chi connectivity index (χ1) is 14.0. The number of nitrogens with one attached hydrogen (secondary N) is 2. The molecule has 1 fully saturated rings. The van der Waals surface area contributed by atoms with Crippen LogP contribution in [-0.4, -0.2) is 51.5 Å². The Morgan fingerprint density at radius 3 is 2.79 bits per heavy atom. The molecule has 0 saturated carbocycles. The van der Waals surface area contributed by atoms with Gasteiger partial charge in [0.25, 0.3) is 11.8 Å². The number of hydrogen-bond donors (Lipinski definition) is 2. The van der Waals surface area contributed by atoms with E-state index in [2.05, 4.69) is 15.7 Å². The summed E-state index contributed by atoms with van der Waals surface area (Å²) in [6.45, 7) is 2.10. The minimum atomic E-state index is -0.569. The number of amides is 3. The second-order valence-electron chi connectivity index (χ2n) is 7.30. The van der Waals surface area contributed by atoms with Gasteiger partial charge in [0.05, 0.1) is 6.54 Å². The zero-order valence-electron chi connectivity index (χ0n) is 15.9. The van der Waals surface area contributed by atoms with Crippen LogP contribution in [0.15, 0.2) is 30.3 Å². The van der Waals surface area contributed by atoms with Crippen molar-refractivity contribution in [3.63, 3.8) is 0 Å². The van der Waals surface area contributed by atoms with Gasteiger partial charge in [-0.3, -0.25) is 19.1 Å². The number of rotatable bonds is 4. The largest absolute Gasteiger partial charge is 0.354 e. The lowest BCUT2D eigenvalue weighted by molar-refractivity contribution is -0.122. The van der Waals surface area contributed by atoms with E-state index in [4.69, 9.17) is 11.6 Å². The van der Waals surface area contributed by atoms with Crippen molar-refractivity contribution in [2.75, 3.05) is 13.1 Å². The summed E-state index contributed by atoms with van der Waals surface area (Å²) in [6.07, 6.45) is 2.36. The topological polar surface area (TPSA) is 96.3 Å². The van der Waals surface area contributed by atoms with E-state index in [1.54, 1.807) is 21.7 Å². The summed E-state index contributed by atoms with van der Waals surface area (Å²) in [4.78, 5) is 39.2. The maximum atomic E-state index is 12.9. The molecule has 2 aromatic rings. The summed E-state index contributed by atoms with van der Waals surface area (Å²) in [7, 11) is 0. The molecule has 9 heteroatoms. The van der Waals surface area contributed by atoms with Gasteiger partial charge in [0.15, 0.2) is 5.69 Å². The van der Waals surface area contributed by atoms with Crippen LogP contribution in [0.2, 0.25) is 5.02 Å². The number of fused-ring (bicyclic) bond motifs is 1. The molecule has 29 heavy (non-hydrogen) atoms. The number of halogens is 1. The molecule has 0 aliphatic carbocycles. The zero-order chi connectivity index (χ0) is 20.4. The van der Waals surface area contributed by atoms with Gasteiger partial charge < -0.3 is 15.5 Å². The lowest BCUT2D eigenvalue weighted by atomic mass is 10.1. The summed E-state index contributed by atoms with van der Waals surface area (Å²) >= 11 is 5.92. The number of benzene rings is 1. The first-order valence-electron chi connectivity index (χ1n) is 9.71. The van der Waals surface area contributed by atoms with Crippen molar-refractivity contribution in [3.05, 3.63) is 52.3 Å². The van der Waals surface area contributed by atoms with Crippen molar-refractivity contribution in [2.24, 2.45) is 0 Å². The Bertz CT molecular complexity index is 940. The van der Waals surface area contributed by atoms with E-state index in [1.807, 2.05) is 12.1 Å². The molecule has 1 atom stereocenters. The van der Waals surface area contributed by atoms with Crippen LogP contribution >= 0.6 is 11.6 Å². The molecule has 8 nitrogen and oxygen atoms in total. The standard InChI is InChI=1S/C20H22ClN5O3/c21-14-6-4-13(5-7-14)12-25-9-10-26-17(20(25)29)11-16(24-26)19(28)23-15-3-1-2-8-22-18(15)27/h4-7,11,15H,1-3,8-10,12H2,(H,22,27)(H,23,28). The predicted molar refractivity (Wildman–Crippen MR) is 107 cm³/mol. The Labute approximate surface area is 173 Å². The van der Waals surface area contributed by atoms with Gasteiger partial charge in [0.2, 0.25) is 5.91 Å². The van der Waals surface area contributed by atoms with Crippen LogP contribution in [0.3, 0.4) is 0 Å². The summed E-state index contributed by atoms with van der Waals surface area (Å²) in [5.41, 5.74) is 1.51. The smallest absolute Gasteiger partial charge is 0.272 e. The summed E-state index contributed by atoms with van der Waals surface area (Å²) in [5.74, 6) is -0.791. The Morgan fingerprint density at radius 2 is 2.00 bits per heavy atom. The highest BCUT2D eigenvalue weighted by molar-refractivity contribution is 6.30. The number of aromatic nitrogens is 2. The first kappa shape index (κ1) is 19.4.